The average Bonchev–Trinajstić information content (AvgIpc) is 2.39. The van der Waals surface area contributed by atoms with Crippen molar-refractivity contribution in [2.75, 3.05) is 13.2 Å². The maximum Gasteiger partial charge on any atom is 0.323 e. The number of hydrogen-bond acceptors (Lipinski definition) is 5. The number of esters is 1. The first kappa shape index (κ1) is 15.2. The second-order valence-electron chi connectivity index (χ2n) is 4.05. The molecule has 2 N–H and O–H groups in total. The normalized spacial score (nSPS) is 11.7. The van der Waals surface area contributed by atoms with E-state index in [-0.39, 0.29) is 12.4 Å². The Balaban J connectivity index is 2.49. The summed E-state index contributed by atoms with van der Waals surface area (Å²) in [6.07, 6.45) is 0.338. The second-order valence-corrected chi connectivity index (χ2v) is 4.05. The van der Waals surface area contributed by atoms with Gasteiger partial charge in [-0.25, -0.2) is 0 Å². The fraction of sp³-hybridized carbons (Fsp3) is 0.429. The Morgan fingerprint density at radius 2 is 2.00 bits per heavy atom. The van der Waals surface area contributed by atoms with Crippen molar-refractivity contribution >= 4 is 11.8 Å². The minimum atomic E-state index is -0.704. The molecule has 0 radical (unpaired) electrons. The van der Waals surface area contributed by atoms with Gasteiger partial charge in [0.15, 0.2) is 5.78 Å². The molecule has 5 heteroatoms. The highest BCUT2D eigenvalue weighted by molar-refractivity contribution is 5.96. The Morgan fingerprint density at radius 1 is 1.32 bits per heavy atom. The summed E-state index contributed by atoms with van der Waals surface area (Å²) in [5.41, 5.74) is 6.16. The molecule has 1 rings (SSSR count). The zero-order valence-corrected chi connectivity index (χ0v) is 11.2. The van der Waals surface area contributed by atoms with E-state index in [4.69, 9.17) is 15.2 Å². The number of nitrogens with two attached hydrogens (primary N) is 1. The number of ether oxygens (including phenoxy) is 2. The SMILES string of the molecule is CCOC(=O)C(N)CCOc1ccccc1C(C)=O. The molecular weight excluding hydrogens is 246 g/mol. The quantitative estimate of drug-likeness (QED) is 0.597. The molecule has 0 fully saturated rings. The van der Waals surface area contributed by atoms with Gasteiger partial charge in [-0.05, 0) is 26.0 Å². The van der Waals surface area contributed by atoms with E-state index >= 15 is 0 Å². The average molecular weight is 265 g/mol. The van der Waals surface area contributed by atoms with Crippen molar-refractivity contribution in [2.24, 2.45) is 5.73 Å². The predicted octanol–water partition coefficient (Wildman–Crippen LogP) is 1.55. The predicted molar refractivity (Wildman–Crippen MR) is 71.2 cm³/mol. The Morgan fingerprint density at radius 3 is 2.63 bits per heavy atom. The Bertz CT molecular complexity index is 445. The second kappa shape index (κ2) is 7.53. The molecule has 0 aliphatic heterocycles. The van der Waals surface area contributed by atoms with E-state index < -0.39 is 12.0 Å². The fourth-order valence-corrected chi connectivity index (χ4v) is 1.55. The number of carbonyl (C=O) groups is 2. The molecule has 0 heterocycles. The van der Waals surface area contributed by atoms with Gasteiger partial charge in [0, 0.05) is 6.42 Å². The highest BCUT2D eigenvalue weighted by Gasteiger charge is 2.15. The maximum absolute atomic E-state index is 11.4. The molecule has 0 aliphatic carbocycles. The largest absolute Gasteiger partial charge is 0.493 e. The Hall–Kier alpha value is -1.88. The number of rotatable bonds is 7. The van der Waals surface area contributed by atoms with E-state index in [1.807, 2.05) is 0 Å². The summed E-state index contributed by atoms with van der Waals surface area (Å²) in [5, 5.41) is 0. The standard InChI is InChI=1S/C14H19NO4/c1-3-18-14(17)12(15)8-9-19-13-7-5-4-6-11(13)10(2)16/h4-7,12H,3,8-9,15H2,1-2H3. The van der Waals surface area contributed by atoms with Gasteiger partial charge in [0.1, 0.15) is 11.8 Å². The van der Waals surface area contributed by atoms with Crippen LogP contribution < -0.4 is 10.5 Å². The van der Waals surface area contributed by atoms with Crippen LogP contribution in [0.3, 0.4) is 0 Å². The van der Waals surface area contributed by atoms with Gasteiger partial charge in [-0.1, -0.05) is 12.1 Å². The van der Waals surface area contributed by atoms with E-state index in [9.17, 15) is 9.59 Å². The zero-order valence-electron chi connectivity index (χ0n) is 11.2. The van der Waals surface area contributed by atoms with Crippen LogP contribution in [0, 0.1) is 0 Å². The van der Waals surface area contributed by atoms with Gasteiger partial charge in [-0.2, -0.15) is 0 Å². The van der Waals surface area contributed by atoms with Gasteiger partial charge in [0.2, 0.25) is 0 Å². The molecule has 1 aromatic carbocycles. The molecule has 104 valence electrons. The number of hydrogen-bond donors (Lipinski definition) is 1. The van der Waals surface area contributed by atoms with Crippen LogP contribution in [0.15, 0.2) is 24.3 Å². The van der Waals surface area contributed by atoms with Gasteiger partial charge >= 0.3 is 5.97 Å². The third-order valence-corrected chi connectivity index (χ3v) is 2.54. The minimum absolute atomic E-state index is 0.0645. The molecular formula is C14H19NO4. The first-order valence-corrected chi connectivity index (χ1v) is 6.21. The van der Waals surface area contributed by atoms with Crippen LogP contribution in [0.5, 0.6) is 5.75 Å². The molecule has 19 heavy (non-hydrogen) atoms. The lowest BCUT2D eigenvalue weighted by molar-refractivity contribution is -0.145. The molecule has 0 spiro atoms. The van der Waals surface area contributed by atoms with Crippen molar-refractivity contribution in [1.29, 1.82) is 0 Å². The monoisotopic (exact) mass is 265 g/mol. The maximum atomic E-state index is 11.4. The summed E-state index contributed by atoms with van der Waals surface area (Å²) in [6, 6.07) is 6.26. The van der Waals surface area contributed by atoms with Crippen LogP contribution in [-0.4, -0.2) is 31.0 Å². The van der Waals surface area contributed by atoms with Crippen LogP contribution in [0.2, 0.25) is 0 Å². The number of Topliss-reactive ketones (excluding diaryl/α,β-unsaturated/α-hetero) is 1. The van der Waals surface area contributed by atoms with Gasteiger partial charge in [0.25, 0.3) is 0 Å². The van der Waals surface area contributed by atoms with Crippen LogP contribution in [0.25, 0.3) is 0 Å². The van der Waals surface area contributed by atoms with E-state index in [0.29, 0.717) is 24.3 Å². The summed E-state index contributed by atoms with van der Waals surface area (Å²) in [5.74, 6) is 0.00213. The van der Waals surface area contributed by atoms with E-state index in [1.54, 1.807) is 31.2 Å². The lowest BCUT2D eigenvalue weighted by Crippen LogP contribution is -2.33. The summed E-state index contributed by atoms with van der Waals surface area (Å²) >= 11 is 0. The Kier molecular flexibility index (Phi) is 6.02. The number of ketones is 1. The molecule has 1 aromatic rings. The summed E-state index contributed by atoms with van der Waals surface area (Å²) in [4.78, 5) is 22.7. The van der Waals surface area contributed by atoms with Gasteiger partial charge in [0.05, 0.1) is 18.8 Å². The van der Waals surface area contributed by atoms with E-state index in [0.717, 1.165) is 0 Å². The lowest BCUT2D eigenvalue weighted by Gasteiger charge is -2.12. The topological polar surface area (TPSA) is 78.6 Å². The number of benzene rings is 1. The zero-order chi connectivity index (χ0) is 14.3. The molecule has 0 aromatic heterocycles. The molecule has 0 saturated heterocycles. The molecule has 0 aliphatic rings. The fourth-order valence-electron chi connectivity index (χ4n) is 1.55. The van der Waals surface area contributed by atoms with Crippen molar-refractivity contribution in [3.63, 3.8) is 0 Å². The van der Waals surface area contributed by atoms with Gasteiger partial charge in [-0.3, -0.25) is 9.59 Å². The third-order valence-electron chi connectivity index (χ3n) is 2.54. The highest BCUT2D eigenvalue weighted by atomic mass is 16.5. The number of para-hydroxylation sites is 1. The van der Waals surface area contributed by atoms with Crippen LogP contribution in [-0.2, 0) is 9.53 Å². The number of carbonyl (C=O) groups excluding carboxylic acids is 2. The van der Waals surface area contributed by atoms with Gasteiger partial charge in [-0.15, -0.1) is 0 Å². The van der Waals surface area contributed by atoms with Crippen molar-refractivity contribution in [3.05, 3.63) is 29.8 Å². The molecule has 0 amide bonds. The van der Waals surface area contributed by atoms with Crippen molar-refractivity contribution in [3.8, 4) is 5.75 Å². The van der Waals surface area contributed by atoms with Gasteiger partial charge < -0.3 is 15.2 Å². The third kappa shape index (κ3) is 4.71. The minimum Gasteiger partial charge on any atom is -0.493 e. The summed E-state index contributed by atoms with van der Waals surface area (Å²) in [6.45, 7) is 3.77. The molecule has 0 bridgehead atoms. The van der Waals surface area contributed by atoms with Crippen molar-refractivity contribution in [1.82, 2.24) is 0 Å². The molecule has 0 saturated carbocycles. The van der Waals surface area contributed by atoms with Crippen LogP contribution in [0.1, 0.15) is 30.6 Å². The van der Waals surface area contributed by atoms with Crippen molar-refractivity contribution < 1.29 is 19.1 Å². The first-order valence-electron chi connectivity index (χ1n) is 6.21. The molecule has 1 atom stereocenters. The van der Waals surface area contributed by atoms with E-state index in [1.165, 1.54) is 6.92 Å². The summed E-state index contributed by atoms with van der Waals surface area (Å²) < 4.78 is 10.3. The Labute approximate surface area is 112 Å². The van der Waals surface area contributed by atoms with Crippen LogP contribution in [0.4, 0.5) is 0 Å². The highest BCUT2D eigenvalue weighted by Crippen LogP contribution is 2.18. The van der Waals surface area contributed by atoms with E-state index in [2.05, 4.69) is 0 Å². The molecule has 1 unspecified atom stereocenters. The first-order chi connectivity index (χ1) is 9.06. The lowest BCUT2D eigenvalue weighted by atomic mass is 10.1. The van der Waals surface area contributed by atoms with Crippen LogP contribution >= 0.6 is 0 Å². The summed E-state index contributed by atoms with van der Waals surface area (Å²) in [7, 11) is 0. The molecule has 5 nitrogen and oxygen atoms in total. The van der Waals surface area contributed by atoms with Crippen molar-refractivity contribution in [2.45, 2.75) is 26.3 Å². The smallest absolute Gasteiger partial charge is 0.323 e.